The lowest BCUT2D eigenvalue weighted by Crippen LogP contribution is -2.72. The molecular weight excluding hydrogens is 402 g/mol. The van der Waals surface area contributed by atoms with Crippen LogP contribution in [0.2, 0.25) is 0 Å². The van der Waals surface area contributed by atoms with Gasteiger partial charge in [0.2, 0.25) is 11.6 Å². The summed E-state index contributed by atoms with van der Waals surface area (Å²) in [4.78, 5) is 24.3. The molecule has 1 spiro atoms. The first-order valence-electron chi connectivity index (χ1n) is 10.4. The van der Waals surface area contributed by atoms with Gasteiger partial charge >= 0.3 is 5.92 Å². The Morgan fingerprint density at radius 3 is 2.72 bits per heavy atom. The quantitative estimate of drug-likeness (QED) is 0.511. The topological polar surface area (TPSA) is 54.0 Å². The Morgan fingerprint density at radius 2 is 2.00 bits per heavy atom. The minimum atomic E-state index is -3.65. The number of hydrogen-bond acceptors (Lipinski definition) is 6. The van der Waals surface area contributed by atoms with Crippen molar-refractivity contribution in [2.24, 2.45) is 23.7 Å². The van der Waals surface area contributed by atoms with Gasteiger partial charge in [-0.15, -0.1) is 11.3 Å². The molecule has 0 N–H and O–H groups in total. The number of fused-ring (bicyclic) bond motifs is 2. The Balaban J connectivity index is 1.54. The normalized spacial score (nSPS) is 46.8. The molecule has 1 aromatic rings. The molecule has 0 radical (unpaired) electrons. The smallest absolute Gasteiger partial charge is 0.336 e. The molecule has 5 aliphatic rings. The van der Waals surface area contributed by atoms with Gasteiger partial charge < -0.3 is 9.47 Å². The Bertz CT molecular complexity index is 801. The van der Waals surface area contributed by atoms with Crippen molar-refractivity contribution in [3.63, 3.8) is 0 Å². The van der Waals surface area contributed by atoms with Gasteiger partial charge in [-0.2, -0.15) is 8.78 Å². The molecule has 1 aliphatic carbocycles. The van der Waals surface area contributed by atoms with Crippen molar-refractivity contribution in [2.45, 2.75) is 76.2 Å². The number of halogens is 2. The molecule has 1 aromatic heterocycles. The van der Waals surface area contributed by atoms with Crippen LogP contribution in [-0.2, 0) is 19.2 Å². The molecule has 5 heterocycles. The molecule has 0 amide bonds. The number of alkyl halides is 2. The third-order valence-electron chi connectivity index (χ3n) is 7.56. The Morgan fingerprint density at radius 1 is 1.21 bits per heavy atom. The van der Waals surface area contributed by atoms with Crippen molar-refractivity contribution in [3.8, 4) is 0 Å². The number of Topliss-reactive ketones (excluding diaryl/α,β-unsaturated/α-hetero) is 1. The van der Waals surface area contributed by atoms with Gasteiger partial charge in [-0.1, -0.05) is 19.9 Å². The maximum absolute atomic E-state index is 15.4. The van der Waals surface area contributed by atoms with Gasteiger partial charge in [0.25, 0.3) is 0 Å². The number of ketones is 1. The van der Waals surface area contributed by atoms with Crippen LogP contribution in [0.25, 0.3) is 0 Å². The molecule has 8 atom stereocenters. The van der Waals surface area contributed by atoms with Crippen LogP contribution in [0.3, 0.4) is 0 Å². The van der Waals surface area contributed by atoms with Gasteiger partial charge in [-0.3, -0.25) is 4.79 Å². The van der Waals surface area contributed by atoms with E-state index in [0.717, 1.165) is 24.2 Å². The highest BCUT2D eigenvalue weighted by Gasteiger charge is 2.72. The highest BCUT2D eigenvalue weighted by molar-refractivity contribution is 7.12. The third kappa shape index (κ3) is 2.72. The number of rotatable bonds is 3. The van der Waals surface area contributed by atoms with E-state index in [9.17, 15) is 4.79 Å². The molecule has 4 saturated heterocycles. The van der Waals surface area contributed by atoms with Crippen LogP contribution in [0.1, 0.15) is 56.1 Å². The lowest BCUT2D eigenvalue weighted by atomic mass is 9.57. The Kier molecular flexibility index (Phi) is 4.51. The van der Waals surface area contributed by atoms with Crippen LogP contribution in [0, 0.1) is 23.7 Å². The highest BCUT2D eigenvalue weighted by atomic mass is 32.1. The summed E-state index contributed by atoms with van der Waals surface area (Å²) in [5.74, 6) is -6.26. The average Bonchev–Trinajstić information content (AvgIpc) is 3.12. The van der Waals surface area contributed by atoms with Gasteiger partial charge in [-0.25, -0.2) is 9.78 Å². The fourth-order valence-electron chi connectivity index (χ4n) is 6.02. The molecule has 5 nitrogen and oxygen atoms in total. The predicted molar refractivity (Wildman–Crippen MR) is 100 cm³/mol. The van der Waals surface area contributed by atoms with Crippen molar-refractivity contribution < 1.29 is 32.8 Å². The van der Waals surface area contributed by atoms with E-state index in [2.05, 4.69) is 6.92 Å². The molecule has 1 saturated carbocycles. The van der Waals surface area contributed by atoms with Crippen LogP contribution in [0.15, 0.2) is 17.5 Å². The van der Waals surface area contributed by atoms with Crippen molar-refractivity contribution in [3.05, 3.63) is 22.4 Å². The zero-order valence-electron chi connectivity index (χ0n) is 16.7. The number of carbonyl (C=O) groups is 1. The first-order chi connectivity index (χ1) is 13.7. The van der Waals surface area contributed by atoms with E-state index in [1.807, 2.05) is 0 Å². The van der Waals surface area contributed by atoms with E-state index in [1.54, 1.807) is 25.3 Å². The van der Waals surface area contributed by atoms with E-state index >= 15 is 8.78 Å². The molecule has 29 heavy (non-hydrogen) atoms. The standard InChI is InChI=1S/C21H26F2O5S/c1-11-6-7-14-12(2)17(21(22,23)16(24)15-5-4-10-29-15)25-18-20(14)13(11)8-9-19(3,26-18)27-28-20/h4-5,10-14,17-18H,6-9H2,1-3H3/t11-,12+,13+,14+,17+,18-,19-,20-/m1/s1. The van der Waals surface area contributed by atoms with Crippen molar-refractivity contribution in [1.82, 2.24) is 0 Å². The summed E-state index contributed by atoms with van der Waals surface area (Å²) in [7, 11) is 0. The highest BCUT2D eigenvalue weighted by Crippen LogP contribution is 2.61. The van der Waals surface area contributed by atoms with Crippen LogP contribution in [0.4, 0.5) is 8.78 Å². The van der Waals surface area contributed by atoms with E-state index in [0.29, 0.717) is 18.8 Å². The minimum Gasteiger partial charge on any atom is -0.339 e. The Hall–Kier alpha value is -0.930. The predicted octanol–water partition coefficient (Wildman–Crippen LogP) is 4.82. The number of carbonyl (C=O) groups excluding carboxylic acids is 1. The molecule has 2 bridgehead atoms. The number of thiophene rings is 1. The average molecular weight is 428 g/mol. The maximum atomic E-state index is 15.4. The molecule has 4 aliphatic heterocycles. The largest absolute Gasteiger partial charge is 0.339 e. The maximum Gasteiger partial charge on any atom is 0.336 e. The minimum absolute atomic E-state index is 0.0380. The molecule has 5 fully saturated rings. The molecular formula is C21H26F2O5S. The SMILES string of the molecule is C[C@@H]1[C@@H](C(F)(F)C(=O)c2cccs2)O[C@@H]2O[C@@]3(C)CC[C@H]4[C@H](C)CC[C@@H]1[C@@]24OO3. The van der Waals surface area contributed by atoms with E-state index in [-0.39, 0.29) is 16.7 Å². The Labute approximate surface area is 172 Å². The van der Waals surface area contributed by atoms with Crippen molar-refractivity contribution >= 4 is 17.1 Å². The molecule has 6 rings (SSSR count). The third-order valence-corrected chi connectivity index (χ3v) is 8.43. The van der Waals surface area contributed by atoms with Crippen LogP contribution in [-0.4, -0.2) is 35.5 Å². The zero-order valence-corrected chi connectivity index (χ0v) is 17.5. The van der Waals surface area contributed by atoms with Gasteiger partial charge in [-0.05, 0) is 55.4 Å². The van der Waals surface area contributed by atoms with Gasteiger partial charge in [0.05, 0.1) is 4.88 Å². The van der Waals surface area contributed by atoms with E-state index < -0.39 is 41.4 Å². The summed E-state index contributed by atoms with van der Waals surface area (Å²) in [6.07, 6.45) is 0.520. The second kappa shape index (κ2) is 6.53. The summed E-state index contributed by atoms with van der Waals surface area (Å²) in [6.45, 7) is 5.66. The monoisotopic (exact) mass is 428 g/mol. The first kappa shape index (κ1) is 20.0. The van der Waals surface area contributed by atoms with Crippen molar-refractivity contribution in [2.75, 3.05) is 0 Å². The summed E-state index contributed by atoms with van der Waals surface area (Å²) in [6, 6.07) is 3.02. The zero-order chi connectivity index (χ0) is 20.6. The summed E-state index contributed by atoms with van der Waals surface area (Å²) in [5.41, 5.74) is -0.911. The van der Waals surface area contributed by atoms with E-state index in [1.165, 1.54) is 6.07 Å². The van der Waals surface area contributed by atoms with E-state index in [4.69, 9.17) is 19.2 Å². The molecule has 0 unspecified atom stereocenters. The fourth-order valence-corrected chi connectivity index (χ4v) is 6.73. The van der Waals surface area contributed by atoms with Gasteiger partial charge in [0.1, 0.15) is 6.10 Å². The van der Waals surface area contributed by atoms with Crippen molar-refractivity contribution in [1.29, 1.82) is 0 Å². The number of ether oxygens (including phenoxy) is 2. The molecule has 160 valence electrons. The summed E-state index contributed by atoms with van der Waals surface area (Å²) < 4.78 is 42.9. The van der Waals surface area contributed by atoms with Crippen LogP contribution in [0.5, 0.6) is 0 Å². The summed E-state index contributed by atoms with van der Waals surface area (Å²) in [5, 5.41) is 1.62. The number of hydrogen-bond donors (Lipinski definition) is 0. The lowest BCUT2D eigenvalue weighted by molar-refractivity contribution is -0.573. The van der Waals surface area contributed by atoms with Gasteiger partial charge in [0, 0.05) is 12.3 Å². The fraction of sp³-hybridized carbons (Fsp3) is 0.762. The molecule has 0 aromatic carbocycles. The molecule has 8 heteroatoms. The first-order valence-corrected chi connectivity index (χ1v) is 11.2. The van der Waals surface area contributed by atoms with Crippen LogP contribution < -0.4 is 0 Å². The lowest BCUT2D eigenvalue weighted by Gasteiger charge is -2.60. The van der Waals surface area contributed by atoms with Crippen LogP contribution >= 0.6 is 11.3 Å². The second-order valence-corrected chi connectivity index (χ2v) is 10.2. The summed E-state index contributed by atoms with van der Waals surface area (Å²) >= 11 is 1.02. The van der Waals surface area contributed by atoms with Gasteiger partial charge in [0.15, 0.2) is 11.9 Å². The second-order valence-electron chi connectivity index (χ2n) is 9.26.